The molecule has 3 heterocycles. The van der Waals surface area contributed by atoms with Crippen LogP contribution in [0.5, 0.6) is 0 Å². The zero-order valence-corrected chi connectivity index (χ0v) is 56.6. The van der Waals surface area contributed by atoms with Crippen LogP contribution in [0.3, 0.4) is 0 Å². The molecule has 0 spiro atoms. The summed E-state index contributed by atoms with van der Waals surface area (Å²) in [5, 5.41) is 120. The van der Waals surface area contributed by atoms with Crippen molar-refractivity contribution in [3.05, 3.63) is 36.5 Å². The predicted molar refractivity (Wildman–Crippen MR) is 356 cm³/mol. The van der Waals surface area contributed by atoms with Crippen LogP contribution in [0.15, 0.2) is 36.5 Å². The number of rotatable bonds is 57. The molecule has 0 aromatic heterocycles. The maximum atomic E-state index is 13.4. The monoisotopic (exact) mass is 1300 g/mol. The highest BCUT2D eigenvalue weighted by molar-refractivity contribution is 5.76. The van der Waals surface area contributed by atoms with Gasteiger partial charge in [0, 0.05) is 6.42 Å². The van der Waals surface area contributed by atoms with E-state index in [-0.39, 0.29) is 18.9 Å². The molecule has 3 saturated heterocycles. The quantitative estimate of drug-likeness (QED) is 0.0199. The van der Waals surface area contributed by atoms with Crippen LogP contribution in [0.25, 0.3) is 0 Å². The molecule has 0 saturated carbocycles. The van der Waals surface area contributed by atoms with Crippen LogP contribution in [-0.2, 0) is 33.2 Å². The fourth-order valence-electron chi connectivity index (χ4n) is 12.4. The van der Waals surface area contributed by atoms with E-state index in [4.69, 9.17) is 28.4 Å². The summed E-state index contributed by atoms with van der Waals surface area (Å²) in [6.07, 6.45) is 37.2. The first-order chi connectivity index (χ1) is 44.3. The molecule has 19 nitrogen and oxygen atoms in total. The van der Waals surface area contributed by atoms with Crippen molar-refractivity contribution in [3.63, 3.8) is 0 Å². The van der Waals surface area contributed by atoms with Crippen molar-refractivity contribution in [2.24, 2.45) is 0 Å². The van der Waals surface area contributed by atoms with Gasteiger partial charge >= 0.3 is 0 Å². The number of hydrogen-bond donors (Lipinski definition) is 12. The first-order valence-corrected chi connectivity index (χ1v) is 36.7. The summed E-state index contributed by atoms with van der Waals surface area (Å²) in [6.45, 7) is 1.73. The summed E-state index contributed by atoms with van der Waals surface area (Å²) < 4.78 is 34.3. The maximum Gasteiger partial charge on any atom is 0.220 e. The van der Waals surface area contributed by atoms with E-state index in [0.717, 1.165) is 38.5 Å². The van der Waals surface area contributed by atoms with Crippen LogP contribution in [0.1, 0.15) is 284 Å². The maximum absolute atomic E-state index is 13.4. The molecule has 3 aliphatic heterocycles. The molecular weight excluding hydrogens is 1170 g/mol. The lowest BCUT2D eigenvalue weighted by atomic mass is 9.96. The fourth-order valence-corrected chi connectivity index (χ4v) is 12.4. The van der Waals surface area contributed by atoms with Crippen molar-refractivity contribution in [2.45, 2.75) is 388 Å². The highest BCUT2D eigenvalue weighted by atomic mass is 16.8. The van der Waals surface area contributed by atoms with Crippen molar-refractivity contribution in [3.8, 4) is 0 Å². The molecular formula is C72H133NO18. The molecule has 0 aliphatic carbocycles. The molecule has 17 unspecified atom stereocenters. The second-order valence-electron chi connectivity index (χ2n) is 26.4. The lowest BCUT2D eigenvalue weighted by Crippen LogP contribution is -2.66. The summed E-state index contributed by atoms with van der Waals surface area (Å²) >= 11 is 0. The van der Waals surface area contributed by atoms with Crippen LogP contribution in [0.2, 0.25) is 0 Å². The number of amides is 1. The predicted octanol–water partition coefficient (Wildman–Crippen LogP) is 10.4. The lowest BCUT2D eigenvalue weighted by Gasteiger charge is -2.48. The van der Waals surface area contributed by atoms with Crippen molar-refractivity contribution >= 4 is 5.91 Å². The smallest absolute Gasteiger partial charge is 0.220 e. The summed E-state index contributed by atoms with van der Waals surface area (Å²) in [7, 11) is 0. The number of carbonyl (C=O) groups is 1. The summed E-state index contributed by atoms with van der Waals surface area (Å²) in [6, 6.07) is -0.988. The summed E-state index contributed by atoms with van der Waals surface area (Å²) in [5.41, 5.74) is 0. The van der Waals surface area contributed by atoms with Crippen molar-refractivity contribution in [1.82, 2.24) is 5.32 Å². The minimum absolute atomic E-state index is 0.239. The molecule has 0 radical (unpaired) electrons. The number of unbranched alkanes of at least 4 members (excludes halogenated alkanes) is 37. The zero-order valence-electron chi connectivity index (χ0n) is 56.6. The highest BCUT2D eigenvalue weighted by Gasteiger charge is 2.53. The van der Waals surface area contributed by atoms with Gasteiger partial charge in [0.2, 0.25) is 5.91 Å². The molecule has 12 N–H and O–H groups in total. The first-order valence-electron chi connectivity index (χ1n) is 36.7. The summed E-state index contributed by atoms with van der Waals surface area (Å²) in [5.74, 6) is -0.281. The topological polar surface area (TPSA) is 307 Å². The van der Waals surface area contributed by atoms with E-state index < -0.39 is 124 Å². The van der Waals surface area contributed by atoms with Gasteiger partial charge < -0.3 is 89.9 Å². The molecule has 3 fully saturated rings. The fraction of sp³-hybridized carbons (Fsp3) is 0.903. The van der Waals surface area contributed by atoms with Crippen LogP contribution < -0.4 is 5.32 Å². The Bertz CT molecular complexity index is 1790. The molecule has 0 aromatic carbocycles. The van der Waals surface area contributed by atoms with E-state index in [1.54, 1.807) is 6.08 Å². The SMILES string of the molecule is CCCCCCCCCC/C=C\CCCCCCCCCCCCCCCCCCCCCC(=O)NC(COC1OC(CO)C(OC2OC(CO)C(OC3OC(CO)C(O)C(O)C3O)C(O)C2O)C(O)C1O)C(O)/C=C/CC/C=C/CCCCCCCCCCC. The van der Waals surface area contributed by atoms with Crippen LogP contribution in [0, 0.1) is 0 Å². The average molecular weight is 1300 g/mol. The molecule has 17 atom stereocenters. The van der Waals surface area contributed by atoms with Crippen LogP contribution in [-0.4, -0.2) is 193 Å². The third-order valence-corrected chi connectivity index (χ3v) is 18.4. The Balaban J connectivity index is 1.37. The van der Waals surface area contributed by atoms with E-state index in [1.165, 1.54) is 212 Å². The zero-order chi connectivity index (χ0) is 66.1. The van der Waals surface area contributed by atoms with E-state index in [2.05, 4.69) is 43.5 Å². The van der Waals surface area contributed by atoms with E-state index in [0.29, 0.717) is 12.8 Å². The number of ether oxygens (including phenoxy) is 6. The van der Waals surface area contributed by atoms with Crippen LogP contribution in [0.4, 0.5) is 0 Å². The van der Waals surface area contributed by atoms with E-state index in [9.17, 15) is 61.0 Å². The lowest BCUT2D eigenvalue weighted by molar-refractivity contribution is -0.379. The number of aliphatic hydroxyl groups excluding tert-OH is 11. The normalized spacial score (nSPS) is 28.0. The Morgan fingerprint density at radius 3 is 1.10 bits per heavy atom. The number of nitrogens with one attached hydrogen (secondary N) is 1. The van der Waals surface area contributed by atoms with Gasteiger partial charge in [-0.25, -0.2) is 0 Å². The van der Waals surface area contributed by atoms with Crippen molar-refractivity contribution in [1.29, 1.82) is 0 Å². The Morgan fingerprint density at radius 1 is 0.385 bits per heavy atom. The average Bonchev–Trinajstić information content (AvgIpc) is 0.876. The van der Waals surface area contributed by atoms with Gasteiger partial charge in [-0.05, 0) is 57.8 Å². The van der Waals surface area contributed by atoms with Gasteiger partial charge in [-0.1, -0.05) is 256 Å². The Hall–Kier alpha value is -1.99. The van der Waals surface area contributed by atoms with Gasteiger partial charge in [-0.15, -0.1) is 0 Å². The van der Waals surface area contributed by atoms with Gasteiger partial charge in [0.05, 0.1) is 38.6 Å². The van der Waals surface area contributed by atoms with Gasteiger partial charge in [-0.2, -0.15) is 0 Å². The molecule has 3 rings (SSSR count). The van der Waals surface area contributed by atoms with E-state index in [1.807, 2.05) is 6.08 Å². The number of allylic oxidation sites excluding steroid dienone is 5. The summed E-state index contributed by atoms with van der Waals surface area (Å²) in [4.78, 5) is 13.4. The molecule has 3 aliphatic rings. The molecule has 91 heavy (non-hydrogen) atoms. The number of hydrogen-bond acceptors (Lipinski definition) is 18. The van der Waals surface area contributed by atoms with Gasteiger partial charge in [0.25, 0.3) is 0 Å². The van der Waals surface area contributed by atoms with Crippen LogP contribution >= 0.6 is 0 Å². The third-order valence-electron chi connectivity index (χ3n) is 18.4. The number of aliphatic hydroxyl groups is 11. The Morgan fingerprint density at radius 2 is 0.703 bits per heavy atom. The van der Waals surface area contributed by atoms with Gasteiger partial charge in [0.1, 0.15) is 73.2 Å². The molecule has 19 heteroatoms. The number of carbonyl (C=O) groups excluding carboxylic acids is 1. The molecule has 0 bridgehead atoms. The van der Waals surface area contributed by atoms with E-state index >= 15 is 0 Å². The second kappa shape index (κ2) is 54.1. The highest BCUT2D eigenvalue weighted by Crippen LogP contribution is 2.33. The van der Waals surface area contributed by atoms with Gasteiger partial charge in [0.15, 0.2) is 18.9 Å². The second-order valence-corrected chi connectivity index (χ2v) is 26.4. The minimum Gasteiger partial charge on any atom is -0.394 e. The third kappa shape index (κ3) is 35.7. The first kappa shape index (κ1) is 83.2. The largest absolute Gasteiger partial charge is 0.394 e. The molecule has 1 amide bonds. The molecule has 0 aromatic rings. The van der Waals surface area contributed by atoms with Crippen molar-refractivity contribution in [2.75, 3.05) is 26.4 Å². The van der Waals surface area contributed by atoms with Gasteiger partial charge in [-0.3, -0.25) is 4.79 Å². The standard InChI is InChI=1S/C72H133NO18/c1-3-5-7-9-11-13-15-17-19-20-21-22-23-24-25-26-27-28-29-30-31-32-33-34-36-38-40-42-44-46-48-50-60(78)73-55(56(77)49-47-45-43-41-39-37-35-18-16-14-12-10-8-6-4-2)54-86-70-66(84)63(81)68(58(52-75)88-70)91-72-67(85)64(82)69(59(53-76)89-72)90-71-65(83)62(80)61(79)57(51-74)87-71/h20-21,39,41,47,49,55-59,61-72,74-77,79-85H,3-19,22-38,40,42-46,48,50-54H2,1-2H3,(H,73,78)/b21-20-,41-39+,49-47+. The van der Waals surface area contributed by atoms with Crippen molar-refractivity contribution < 1.29 is 89.4 Å². The Kier molecular flexibility index (Phi) is 49.5. The molecule has 534 valence electrons. The minimum atomic E-state index is -1.98. The Labute approximate surface area is 549 Å².